The molecule has 0 saturated heterocycles. The number of halogens is 1. The first kappa shape index (κ1) is 23.7. The predicted molar refractivity (Wildman–Crippen MR) is 132 cm³/mol. The van der Waals surface area contributed by atoms with E-state index < -0.39 is 0 Å². The number of nitrogens with zero attached hydrogens (tertiary/aromatic N) is 4. The van der Waals surface area contributed by atoms with Crippen molar-refractivity contribution in [2.24, 2.45) is 5.10 Å². The number of allylic oxidation sites excluding steroid dienone is 1. The molecule has 0 aliphatic rings. The van der Waals surface area contributed by atoms with E-state index in [4.69, 9.17) is 4.74 Å². The summed E-state index contributed by atoms with van der Waals surface area (Å²) in [5, 5.41) is 13.3. The first-order valence-electron chi connectivity index (χ1n) is 9.97. The highest BCUT2D eigenvalue weighted by Crippen LogP contribution is 2.26. The van der Waals surface area contributed by atoms with Crippen molar-refractivity contribution in [3.05, 3.63) is 70.7 Å². The highest BCUT2D eigenvalue weighted by molar-refractivity contribution is 9.10. The lowest BCUT2D eigenvalue weighted by atomic mass is 10.2. The molecule has 0 bridgehead atoms. The minimum Gasteiger partial charge on any atom is -0.494 e. The van der Waals surface area contributed by atoms with Gasteiger partial charge in [-0.2, -0.15) is 5.10 Å². The molecule has 0 atom stereocenters. The van der Waals surface area contributed by atoms with Gasteiger partial charge in [-0.25, -0.2) is 5.43 Å². The number of thioether (sulfide) groups is 1. The SMILES string of the molecule is C=C(C)Cn1c(SCC(=O)N/N=C/c2ccc(OCC)cc2)nnc1-c1ccc(Br)cc1. The lowest BCUT2D eigenvalue weighted by molar-refractivity contribution is -0.118. The third-order valence-electron chi connectivity index (χ3n) is 4.17. The molecule has 32 heavy (non-hydrogen) atoms. The molecule has 0 spiro atoms. The van der Waals surface area contributed by atoms with Crippen LogP contribution in [0, 0.1) is 0 Å². The second-order valence-corrected chi connectivity index (χ2v) is 8.80. The van der Waals surface area contributed by atoms with E-state index in [0.29, 0.717) is 18.3 Å². The summed E-state index contributed by atoms with van der Waals surface area (Å²) < 4.78 is 8.36. The molecule has 1 heterocycles. The average Bonchev–Trinajstić information content (AvgIpc) is 3.16. The molecule has 166 valence electrons. The van der Waals surface area contributed by atoms with Crippen LogP contribution in [-0.4, -0.2) is 39.2 Å². The number of rotatable bonds is 10. The van der Waals surface area contributed by atoms with E-state index in [-0.39, 0.29) is 11.7 Å². The summed E-state index contributed by atoms with van der Waals surface area (Å²) in [6.07, 6.45) is 1.59. The summed E-state index contributed by atoms with van der Waals surface area (Å²) in [5.74, 6) is 1.46. The first-order valence-corrected chi connectivity index (χ1v) is 11.7. The number of amides is 1. The lowest BCUT2D eigenvalue weighted by Crippen LogP contribution is -2.20. The standard InChI is InChI=1S/C23H24BrN5O2S/c1-4-31-20-11-5-17(6-12-20)13-25-26-21(30)15-32-23-28-27-22(29(23)14-16(2)3)18-7-9-19(24)10-8-18/h5-13H,2,4,14-15H2,1,3H3,(H,26,30)/b25-13+. The molecular weight excluding hydrogens is 490 g/mol. The Morgan fingerprint density at radius 2 is 1.94 bits per heavy atom. The predicted octanol–water partition coefficient (Wildman–Crippen LogP) is 4.92. The molecule has 2 aromatic carbocycles. The second kappa shape index (κ2) is 11.6. The summed E-state index contributed by atoms with van der Waals surface area (Å²) in [7, 11) is 0. The van der Waals surface area contributed by atoms with Gasteiger partial charge in [0.05, 0.1) is 18.6 Å². The smallest absolute Gasteiger partial charge is 0.250 e. The van der Waals surface area contributed by atoms with Crippen LogP contribution in [0.4, 0.5) is 0 Å². The summed E-state index contributed by atoms with van der Waals surface area (Å²) in [6, 6.07) is 15.3. The van der Waals surface area contributed by atoms with Crippen LogP contribution in [0.25, 0.3) is 11.4 Å². The lowest BCUT2D eigenvalue weighted by Gasteiger charge is -2.10. The van der Waals surface area contributed by atoms with Gasteiger partial charge >= 0.3 is 0 Å². The molecule has 7 nitrogen and oxygen atoms in total. The Bertz CT molecular complexity index is 1090. The van der Waals surface area contributed by atoms with Gasteiger partial charge < -0.3 is 4.74 Å². The number of nitrogens with one attached hydrogen (secondary N) is 1. The maximum Gasteiger partial charge on any atom is 0.250 e. The highest BCUT2D eigenvalue weighted by atomic mass is 79.9. The van der Waals surface area contributed by atoms with Crippen molar-refractivity contribution in [3.63, 3.8) is 0 Å². The largest absolute Gasteiger partial charge is 0.494 e. The molecule has 0 fully saturated rings. The third-order valence-corrected chi connectivity index (χ3v) is 5.67. The number of hydrogen-bond acceptors (Lipinski definition) is 6. The number of hydrazone groups is 1. The van der Waals surface area contributed by atoms with E-state index in [9.17, 15) is 4.79 Å². The van der Waals surface area contributed by atoms with Gasteiger partial charge in [-0.3, -0.25) is 9.36 Å². The van der Waals surface area contributed by atoms with E-state index >= 15 is 0 Å². The van der Waals surface area contributed by atoms with Crippen molar-refractivity contribution in [2.45, 2.75) is 25.5 Å². The van der Waals surface area contributed by atoms with Crippen LogP contribution < -0.4 is 10.2 Å². The summed E-state index contributed by atoms with van der Waals surface area (Å²) >= 11 is 4.75. The molecule has 0 unspecified atom stereocenters. The summed E-state index contributed by atoms with van der Waals surface area (Å²) in [5.41, 5.74) is 5.32. The van der Waals surface area contributed by atoms with Crippen molar-refractivity contribution in [3.8, 4) is 17.1 Å². The number of carbonyl (C=O) groups is 1. The molecular formula is C23H24BrN5O2S. The van der Waals surface area contributed by atoms with Gasteiger partial charge in [0.15, 0.2) is 11.0 Å². The van der Waals surface area contributed by atoms with Crippen molar-refractivity contribution in [1.29, 1.82) is 0 Å². The Morgan fingerprint density at radius 3 is 2.59 bits per heavy atom. The fourth-order valence-corrected chi connectivity index (χ4v) is 3.77. The van der Waals surface area contributed by atoms with Gasteiger partial charge in [0.1, 0.15) is 5.75 Å². The van der Waals surface area contributed by atoms with Crippen LogP contribution in [0.2, 0.25) is 0 Å². The molecule has 3 rings (SSSR count). The number of carbonyl (C=O) groups excluding carboxylic acids is 1. The van der Waals surface area contributed by atoms with Gasteiger partial charge in [-0.05, 0) is 55.8 Å². The van der Waals surface area contributed by atoms with Gasteiger partial charge in [0, 0.05) is 16.6 Å². The second-order valence-electron chi connectivity index (χ2n) is 6.94. The third kappa shape index (κ3) is 6.80. The van der Waals surface area contributed by atoms with E-state index in [0.717, 1.165) is 32.7 Å². The molecule has 0 aliphatic heterocycles. The first-order chi connectivity index (χ1) is 15.5. The fourth-order valence-electron chi connectivity index (χ4n) is 2.78. The molecule has 0 radical (unpaired) electrons. The van der Waals surface area contributed by atoms with Crippen LogP contribution in [0.1, 0.15) is 19.4 Å². The summed E-state index contributed by atoms with van der Waals surface area (Å²) in [6.45, 7) is 9.07. The normalized spacial score (nSPS) is 11.0. The minimum absolute atomic E-state index is 0.162. The van der Waals surface area contributed by atoms with Gasteiger partial charge in [-0.1, -0.05) is 52.0 Å². The Balaban J connectivity index is 1.61. The molecule has 1 N–H and O–H groups in total. The van der Waals surface area contributed by atoms with Crippen molar-refractivity contribution >= 4 is 39.8 Å². The topological polar surface area (TPSA) is 81.4 Å². The van der Waals surface area contributed by atoms with Crippen molar-refractivity contribution in [2.75, 3.05) is 12.4 Å². The summed E-state index contributed by atoms with van der Waals surface area (Å²) in [4.78, 5) is 12.2. The molecule has 3 aromatic rings. The Morgan fingerprint density at radius 1 is 1.22 bits per heavy atom. The van der Waals surface area contributed by atoms with Crippen LogP contribution in [0.3, 0.4) is 0 Å². The zero-order chi connectivity index (χ0) is 22.9. The minimum atomic E-state index is -0.229. The Kier molecular flexibility index (Phi) is 8.64. The number of benzene rings is 2. The van der Waals surface area contributed by atoms with Gasteiger partial charge in [-0.15, -0.1) is 10.2 Å². The van der Waals surface area contributed by atoms with Gasteiger partial charge in [0.25, 0.3) is 5.91 Å². The van der Waals surface area contributed by atoms with Crippen LogP contribution in [0.5, 0.6) is 5.75 Å². The van der Waals surface area contributed by atoms with E-state index in [2.05, 4.69) is 43.2 Å². The van der Waals surface area contributed by atoms with Crippen LogP contribution in [0.15, 0.2) is 75.4 Å². The van der Waals surface area contributed by atoms with Gasteiger partial charge in [0.2, 0.25) is 0 Å². The van der Waals surface area contributed by atoms with Crippen LogP contribution in [-0.2, 0) is 11.3 Å². The van der Waals surface area contributed by atoms with E-state index in [1.54, 1.807) is 6.21 Å². The molecule has 0 saturated carbocycles. The Hall–Kier alpha value is -2.91. The zero-order valence-electron chi connectivity index (χ0n) is 17.9. The van der Waals surface area contributed by atoms with Crippen molar-refractivity contribution < 1.29 is 9.53 Å². The zero-order valence-corrected chi connectivity index (χ0v) is 20.3. The quantitative estimate of drug-likeness (QED) is 0.180. The fraction of sp³-hybridized carbons (Fsp3) is 0.217. The maximum atomic E-state index is 12.2. The number of aromatic nitrogens is 3. The molecule has 1 amide bonds. The highest BCUT2D eigenvalue weighted by Gasteiger charge is 2.15. The number of hydrogen-bond donors (Lipinski definition) is 1. The molecule has 0 aliphatic carbocycles. The molecule has 1 aromatic heterocycles. The van der Waals surface area contributed by atoms with Crippen molar-refractivity contribution in [1.82, 2.24) is 20.2 Å². The van der Waals surface area contributed by atoms with E-state index in [1.165, 1.54) is 11.8 Å². The monoisotopic (exact) mass is 513 g/mol. The average molecular weight is 514 g/mol. The number of ether oxygens (including phenoxy) is 1. The van der Waals surface area contributed by atoms with E-state index in [1.807, 2.05) is 66.9 Å². The Labute approximate surface area is 200 Å². The molecule has 9 heteroatoms. The van der Waals surface area contributed by atoms with Crippen LogP contribution >= 0.6 is 27.7 Å². The maximum absolute atomic E-state index is 12.2.